The lowest BCUT2D eigenvalue weighted by molar-refractivity contribution is -0.146. The van der Waals surface area contributed by atoms with Crippen molar-refractivity contribution >= 4 is 52.1 Å². The van der Waals surface area contributed by atoms with E-state index in [1.54, 1.807) is 4.90 Å². The molecule has 0 spiro atoms. The summed E-state index contributed by atoms with van der Waals surface area (Å²) in [6.07, 6.45) is -1.01. The first-order chi connectivity index (χ1) is 16.9. The number of fused-ring (bicyclic) bond motifs is 1. The molecule has 0 aliphatic carbocycles. The Bertz CT molecular complexity index is 1050. The fourth-order valence-corrected chi connectivity index (χ4v) is 7.35. The summed E-state index contributed by atoms with van der Waals surface area (Å²) in [6, 6.07) is 12.2. The van der Waals surface area contributed by atoms with Gasteiger partial charge in [0.05, 0.1) is 23.7 Å². The first-order valence-corrected chi connectivity index (χ1v) is 13.8. The maximum Gasteiger partial charge on any atom is 0.329 e. The molecule has 2 amide bonds. The van der Waals surface area contributed by atoms with Crippen molar-refractivity contribution in [2.45, 2.75) is 29.6 Å². The number of hydrogen-bond donors (Lipinski definition) is 3. The number of aliphatic carboxylic acids is 1. The molecule has 3 N–H and O–H groups in total. The Morgan fingerprint density at radius 3 is 2.46 bits per heavy atom. The van der Waals surface area contributed by atoms with E-state index >= 15 is 0 Å². The van der Waals surface area contributed by atoms with Gasteiger partial charge in [-0.3, -0.25) is 9.59 Å². The second-order valence-corrected chi connectivity index (χ2v) is 11.5. The molecule has 2 aromatic rings. The molecule has 2 aliphatic rings. The van der Waals surface area contributed by atoms with Gasteiger partial charge in [-0.1, -0.05) is 42.5 Å². The molecule has 2 aliphatic heterocycles. The van der Waals surface area contributed by atoms with Gasteiger partial charge < -0.3 is 25.2 Å². The number of carbonyl (C=O) groups is 3. The maximum atomic E-state index is 13.4. The zero-order valence-corrected chi connectivity index (χ0v) is 20.9. The van der Waals surface area contributed by atoms with Crippen LogP contribution in [-0.2, 0) is 25.5 Å². The van der Waals surface area contributed by atoms with E-state index in [0.717, 1.165) is 27.8 Å². The van der Waals surface area contributed by atoms with E-state index in [1.165, 1.54) is 23.5 Å². The van der Waals surface area contributed by atoms with E-state index in [9.17, 15) is 24.6 Å². The Kier molecular flexibility index (Phi) is 8.94. The van der Waals surface area contributed by atoms with Crippen molar-refractivity contribution in [1.29, 1.82) is 0 Å². The van der Waals surface area contributed by atoms with Crippen LogP contribution in [0, 0.1) is 5.92 Å². The lowest BCUT2D eigenvalue weighted by Crippen LogP contribution is -2.53. The second kappa shape index (κ2) is 12.1. The normalized spacial score (nSPS) is 19.3. The number of amides is 2. The Labute approximate surface area is 212 Å². The van der Waals surface area contributed by atoms with Gasteiger partial charge in [-0.25, -0.2) is 4.79 Å². The number of aliphatic hydroxyl groups excluding tert-OH is 1. The standard InChI is InChI=1S/C25H30N2O6S2/c28-20(27-8-10-33-11-9-27)15-18(14-17-6-3-5-16-4-1-2-7-19(16)17)23(30)26-21(24(31)32)22(29)25-34-12-13-35-25/h1-7,18,21-22,25,29H,8-15H2,(H,26,30)(H,31,32)/t18-,21+,22+/m1/s1. The molecular weight excluding hydrogens is 488 g/mol. The largest absolute Gasteiger partial charge is 0.480 e. The van der Waals surface area contributed by atoms with Gasteiger partial charge in [0.2, 0.25) is 11.8 Å². The molecule has 10 heteroatoms. The summed E-state index contributed by atoms with van der Waals surface area (Å²) in [5.41, 5.74) is 0.910. The predicted octanol–water partition coefficient (Wildman–Crippen LogP) is 1.98. The number of morpholine rings is 1. The van der Waals surface area contributed by atoms with Crippen molar-refractivity contribution < 1.29 is 29.3 Å². The highest BCUT2D eigenvalue weighted by atomic mass is 32.2. The van der Waals surface area contributed by atoms with Gasteiger partial charge in [-0.2, -0.15) is 0 Å². The smallest absolute Gasteiger partial charge is 0.329 e. The molecule has 0 bridgehead atoms. The molecule has 2 heterocycles. The molecule has 0 unspecified atom stereocenters. The molecule has 2 saturated heterocycles. The van der Waals surface area contributed by atoms with Crippen LogP contribution >= 0.6 is 23.5 Å². The molecule has 0 aromatic heterocycles. The summed E-state index contributed by atoms with van der Waals surface area (Å²) < 4.78 is 5.01. The Morgan fingerprint density at radius 2 is 1.74 bits per heavy atom. The van der Waals surface area contributed by atoms with Gasteiger partial charge in [-0.05, 0) is 22.8 Å². The third-order valence-electron chi connectivity index (χ3n) is 6.33. The molecule has 188 valence electrons. The Balaban J connectivity index is 1.56. The van der Waals surface area contributed by atoms with Crippen LogP contribution < -0.4 is 5.32 Å². The van der Waals surface area contributed by atoms with Crippen molar-refractivity contribution in [2.75, 3.05) is 37.8 Å². The van der Waals surface area contributed by atoms with Crippen molar-refractivity contribution in [1.82, 2.24) is 10.2 Å². The second-order valence-electron chi connectivity index (χ2n) is 8.66. The fraction of sp³-hybridized carbons (Fsp3) is 0.480. The van der Waals surface area contributed by atoms with Gasteiger partial charge in [0.1, 0.15) is 6.10 Å². The average Bonchev–Trinajstić information content (AvgIpc) is 3.42. The summed E-state index contributed by atoms with van der Waals surface area (Å²) in [5, 5.41) is 25.0. The third kappa shape index (κ3) is 6.49. The van der Waals surface area contributed by atoms with Crippen molar-refractivity contribution in [3.05, 3.63) is 48.0 Å². The molecular formula is C25H30N2O6S2. The van der Waals surface area contributed by atoms with E-state index in [4.69, 9.17) is 4.74 Å². The number of rotatable bonds is 9. The molecule has 35 heavy (non-hydrogen) atoms. The highest BCUT2D eigenvalue weighted by Gasteiger charge is 2.38. The van der Waals surface area contributed by atoms with Gasteiger partial charge in [0, 0.05) is 31.0 Å². The number of hydrogen-bond acceptors (Lipinski definition) is 7. The van der Waals surface area contributed by atoms with Crippen molar-refractivity contribution in [3.8, 4) is 0 Å². The first kappa shape index (κ1) is 25.8. The Morgan fingerprint density at radius 1 is 1.06 bits per heavy atom. The monoisotopic (exact) mass is 518 g/mol. The topological polar surface area (TPSA) is 116 Å². The minimum Gasteiger partial charge on any atom is -0.480 e. The van der Waals surface area contributed by atoms with Crippen LogP contribution in [0.2, 0.25) is 0 Å². The van der Waals surface area contributed by atoms with Crippen molar-refractivity contribution in [2.24, 2.45) is 5.92 Å². The minimum atomic E-state index is -1.45. The lowest BCUT2D eigenvalue weighted by atomic mass is 9.91. The molecule has 3 atom stereocenters. The number of nitrogens with zero attached hydrogens (tertiary/aromatic N) is 1. The van der Waals surface area contributed by atoms with Gasteiger partial charge in [0.15, 0.2) is 6.04 Å². The number of carbonyl (C=O) groups excluding carboxylic acids is 2. The average molecular weight is 519 g/mol. The number of aliphatic hydroxyl groups is 1. The summed E-state index contributed by atoms with van der Waals surface area (Å²) in [7, 11) is 0. The molecule has 4 rings (SSSR count). The van der Waals surface area contributed by atoms with E-state index in [-0.39, 0.29) is 23.3 Å². The zero-order valence-electron chi connectivity index (χ0n) is 19.3. The van der Waals surface area contributed by atoms with E-state index < -0.39 is 29.9 Å². The number of nitrogens with one attached hydrogen (secondary N) is 1. The number of carboxylic acids is 1. The number of benzene rings is 2. The van der Waals surface area contributed by atoms with Crippen LogP contribution in [0.4, 0.5) is 0 Å². The number of carboxylic acid groups (broad SMARTS) is 1. The summed E-state index contributed by atoms with van der Waals surface area (Å²) in [5.74, 6) is -1.13. The minimum absolute atomic E-state index is 0.0512. The van der Waals surface area contributed by atoms with Gasteiger partial charge in [-0.15, -0.1) is 23.5 Å². The van der Waals surface area contributed by atoms with Crippen LogP contribution in [0.3, 0.4) is 0 Å². The summed E-state index contributed by atoms with van der Waals surface area (Å²) >= 11 is 2.98. The molecule has 2 fully saturated rings. The molecule has 8 nitrogen and oxygen atoms in total. The lowest BCUT2D eigenvalue weighted by Gasteiger charge is -2.29. The zero-order chi connectivity index (χ0) is 24.8. The first-order valence-electron chi connectivity index (χ1n) is 11.7. The molecule has 0 radical (unpaired) electrons. The van der Waals surface area contributed by atoms with Gasteiger partial charge >= 0.3 is 5.97 Å². The SMILES string of the molecule is O=C(N[C@H](C(=O)O)[C@H](O)C1SCCS1)[C@@H](CC(=O)N1CCOCC1)Cc1cccc2ccccc12. The van der Waals surface area contributed by atoms with Crippen LogP contribution in [0.15, 0.2) is 42.5 Å². The third-order valence-corrected chi connectivity index (χ3v) is 9.50. The number of thioether (sulfide) groups is 2. The van der Waals surface area contributed by atoms with Crippen LogP contribution in [-0.4, -0.2) is 87.4 Å². The predicted molar refractivity (Wildman–Crippen MR) is 137 cm³/mol. The van der Waals surface area contributed by atoms with E-state index in [1.807, 2.05) is 42.5 Å². The maximum absolute atomic E-state index is 13.4. The highest BCUT2D eigenvalue weighted by Crippen LogP contribution is 2.35. The van der Waals surface area contributed by atoms with Crippen LogP contribution in [0.25, 0.3) is 10.8 Å². The quantitative estimate of drug-likeness (QED) is 0.462. The summed E-state index contributed by atoms with van der Waals surface area (Å²) in [4.78, 5) is 40.1. The fourth-order valence-electron chi connectivity index (χ4n) is 4.44. The van der Waals surface area contributed by atoms with Gasteiger partial charge in [0.25, 0.3) is 0 Å². The molecule has 0 saturated carbocycles. The Hall–Kier alpha value is -2.27. The number of ether oxygens (including phenoxy) is 1. The molecule has 2 aromatic carbocycles. The van der Waals surface area contributed by atoms with E-state index in [0.29, 0.717) is 26.3 Å². The van der Waals surface area contributed by atoms with E-state index in [2.05, 4.69) is 5.32 Å². The van der Waals surface area contributed by atoms with Crippen LogP contribution in [0.1, 0.15) is 12.0 Å². The highest BCUT2D eigenvalue weighted by molar-refractivity contribution is 8.20. The van der Waals surface area contributed by atoms with Crippen LogP contribution in [0.5, 0.6) is 0 Å². The summed E-state index contributed by atoms with van der Waals surface area (Å²) in [6.45, 7) is 1.84. The van der Waals surface area contributed by atoms with Crippen molar-refractivity contribution in [3.63, 3.8) is 0 Å².